The van der Waals surface area contributed by atoms with Gasteiger partial charge in [-0.1, -0.05) is 52.3 Å². The van der Waals surface area contributed by atoms with Crippen molar-refractivity contribution in [3.63, 3.8) is 0 Å². The van der Waals surface area contributed by atoms with Crippen LogP contribution in [0.2, 0.25) is 0 Å². The van der Waals surface area contributed by atoms with Crippen LogP contribution >= 0.6 is 15.9 Å². The molecule has 0 aromatic heterocycles. The Hall–Kier alpha value is -1.54. The van der Waals surface area contributed by atoms with E-state index in [1.807, 2.05) is 0 Å². The zero-order valence-corrected chi connectivity index (χ0v) is 14.5. The Morgan fingerprint density at radius 2 is 1.95 bits per heavy atom. The number of anilines is 1. The highest BCUT2D eigenvalue weighted by Gasteiger charge is 2.39. The van der Waals surface area contributed by atoms with Gasteiger partial charge >= 0.3 is 0 Å². The molecule has 22 heavy (non-hydrogen) atoms. The predicted octanol–water partition coefficient (Wildman–Crippen LogP) is 5.89. The second kappa shape index (κ2) is 5.27. The summed E-state index contributed by atoms with van der Waals surface area (Å²) in [5.74, 6) is 1.14. The van der Waals surface area contributed by atoms with E-state index < -0.39 is 0 Å². The first-order valence-corrected chi connectivity index (χ1v) is 8.73. The molecule has 1 nitrogen and oxygen atoms in total. The van der Waals surface area contributed by atoms with Gasteiger partial charge in [-0.2, -0.15) is 0 Å². The second-order valence-corrected chi connectivity index (χ2v) is 7.39. The maximum atomic E-state index is 3.84. The lowest BCUT2D eigenvalue weighted by Gasteiger charge is -2.39. The fraction of sp³-hybridized carbons (Fsp3) is 0.300. The summed E-state index contributed by atoms with van der Waals surface area (Å²) in [7, 11) is 0. The van der Waals surface area contributed by atoms with Crippen LogP contribution in [-0.4, -0.2) is 0 Å². The molecular weight excluding hydrogens is 334 g/mol. The van der Waals surface area contributed by atoms with Crippen molar-refractivity contribution in [2.24, 2.45) is 5.92 Å². The zero-order chi connectivity index (χ0) is 15.3. The summed E-state index contributed by atoms with van der Waals surface area (Å²) < 4.78 is 1.20. The Kier molecular flexibility index (Phi) is 3.37. The lowest BCUT2D eigenvalue weighted by atomic mass is 9.75. The minimum Gasteiger partial charge on any atom is -0.378 e. The average molecular weight is 354 g/mol. The SMILES string of the molecule is Cc1cc(C)c2c(c1)N[C@H](c1ccccc1Br)[C@@H]1CC=C[C@H]21. The Morgan fingerprint density at radius 1 is 1.14 bits per heavy atom. The largest absolute Gasteiger partial charge is 0.378 e. The number of allylic oxidation sites excluding steroid dienone is 2. The standard InChI is InChI=1S/C20H20BrN/c1-12-10-13(2)19-14-7-5-8-15(14)20(22-18(19)11-12)16-6-3-4-9-17(16)21/h3-7,9-11,14-15,20,22H,8H2,1-2H3/t14-,15+,20-/m0/s1. The van der Waals surface area contributed by atoms with Crippen LogP contribution in [0.15, 0.2) is 53.0 Å². The first-order chi connectivity index (χ1) is 10.6. The summed E-state index contributed by atoms with van der Waals surface area (Å²) in [6, 6.07) is 13.6. The maximum absolute atomic E-state index is 3.84. The van der Waals surface area contributed by atoms with Gasteiger partial charge < -0.3 is 5.32 Å². The summed E-state index contributed by atoms with van der Waals surface area (Å²) in [5, 5.41) is 3.84. The highest BCUT2D eigenvalue weighted by atomic mass is 79.9. The minimum absolute atomic E-state index is 0.365. The smallest absolute Gasteiger partial charge is 0.0565 e. The van der Waals surface area contributed by atoms with Gasteiger partial charge in [0.2, 0.25) is 0 Å². The van der Waals surface area contributed by atoms with Gasteiger partial charge in [-0.05, 0) is 60.6 Å². The van der Waals surface area contributed by atoms with Crippen molar-refractivity contribution in [2.75, 3.05) is 5.32 Å². The summed E-state index contributed by atoms with van der Waals surface area (Å²) in [6.07, 6.45) is 5.92. The van der Waals surface area contributed by atoms with E-state index in [9.17, 15) is 0 Å². The quantitative estimate of drug-likeness (QED) is 0.630. The zero-order valence-electron chi connectivity index (χ0n) is 12.9. The number of hydrogen-bond acceptors (Lipinski definition) is 1. The van der Waals surface area contributed by atoms with E-state index in [0.29, 0.717) is 17.9 Å². The highest BCUT2D eigenvalue weighted by Crippen LogP contribution is 2.51. The number of halogens is 1. The Labute approximate surface area is 140 Å². The van der Waals surface area contributed by atoms with E-state index >= 15 is 0 Å². The first-order valence-electron chi connectivity index (χ1n) is 7.94. The lowest BCUT2D eigenvalue weighted by Crippen LogP contribution is -2.30. The van der Waals surface area contributed by atoms with Gasteiger partial charge in [0, 0.05) is 16.1 Å². The van der Waals surface area contributed by atoms with Crippen molar-refractivity contribution in [1.82, 2.24) is 0 Å². The number of hydrogen-bond donors (Lipinski definition) is 1. The first kappa shape index (κ1) is 14.1. The lowest BCUT2D eigenvalue weighted by molar-refractivity contribution is 0.423. The third-order valence-corrected chi connectivity index (χ3v) is 5.78. The van der Waals surface area contributed by atoms with E-state index in [2.05, 4.69) is 83.6 Å². The number of fused-ring (bicyclic) bond motifs is 3. The molecule has 0 spiro atoms. The molecule has 0 amide bonds. The molecule has 1 aliphatic carbocycles. The van der Waals surface area contributed by atoms with Crippen LogP contribution in [0, 0.1) is 19.8 Å². The summed E-state index contributed by atoms with van der Waals surface area (Å²) >= 11 is 3.74. The van der Waals surface area contributed by atoms with E-state index in [1.54, 1.807) is 0 Å². The molecule has 1 aliphatic heterocycles. The van der Waals surface area contributed by atoms with Gasteiger partial charge in [-0.25, -0.2) is 0 Å². The fourth-order valence-electron chi connectivity index (χ4n) is 4.18. The van der Waals surface area contributed by atoms with Gasteiger partial charge in [0.15, 0.2) is 0 Å². The molecule has 2 aromatic rings. The van der Waals surface area contributed by atoms with E-state index in [1.165, 1.54) is 32.4 Å². The second-order valence-electron chi connectivity index (χ2n) is 6.54. The molecule has 2 heteroatoms. The van der Waals surface area contributed by atoms with Gasteiger partial charge in [0.25, 0.3) is 0 Å². The van der Waals surface area contributed by atoms with Crippen LogP contribution in [0.3, 0.4) is 0 Å². The van der Waals surface area contributed by atoms with Crippen molar-refractivity contribution < 1.29 is 0 Å². The number of rotatable bonds is 1. The monoisotopic (exact) mass is 353 g/mol. The molecule has 3 atom stereocenters. The maximum Gasteiger partial charge on any atom is 0.0565 e. The molecule has 0 bridgehead atoms. The normalized spacial score (nSPS) is 25.5. The van der Waals surface area contributed by atoms with Crippen molar-refractivity contribution in [2.45, 2.75) is 32.2 Å². The number of aryl methyl sites for hydroxylation is 2. The predicted molar refractivity (Wildman–Crippen MR) is 96.4 cm³/mol. The van der Waals surface area contributed by atoms with Crippen molar-refractivity contribution in [3.05, 3.63) is 75.3 Å². The van der Waals surface area contributed by atoms with Gasteiger partial charge in [-0.3, -0.25) is 0 Å². The molecule has 2 aromatic carbocycles. The topological polar surface area (TPSA) is 12.0 Å². The van der Waals surface area contributed by atoms with E-state index in [4.69, 9.17) is 0 Å². The highest BCUT2D eigenvalue weighted by molar-refractivity contribution is 9.10. The third-order valence-electron chi connectivity index (χ3n) is 5.06. The Bertz CT molecular complexity index is 762. The summed E-state index contributed by atoms with van der Waals surface area (Å²) in [5.41, 5.74) is 6.91. The minimum atomic E-state index is 0.365. The summed E-state index contributed by atoms with van der Waals surface area (Å²) in [4.78, 5) is 0. The van der Waals surface area contributed by atoms with Gasteiger partial charge in [-0.15, -0.1) is 0 Å². The van der Waals surface area contributed by atoms with E-state index in [0.717, 1.165) is 6.42 Å². The van der Waals surface area contributed by atoms with Gasteiger partial charge in [0.1, 0.15) is 0 Å². The molecular formula is C20H20BrN. The molecule has 4 rings (SSSR count). The van der Waals surface area contributed by atoms with Crippen LogP contribution < -0.4 is 5.32 Å². The van der Waals surface area contributed by atoms with E-state index in [-0.39, 0.29) is 0 Å². The molecule has 1 N–H and O–H groups in total. The molecule has 0 saturated heterocycles. The van der Waals surface area contributed by atoms with Crippen LogP contribution in [0.4, 0.5) is 5.69 Å². The third kappa shape index (κ3) is 2.13. The van der Waals surface area contributed by atoms with Crippen LogP contribution in [0.1, 0.15) is 40.6 Å². The van der Waals surface area contributed by atoms with Crippen LogP contribution in [-0.2, 0) is 0 Å². The Morgan fingerprint density at radius 3 is 2.77 bits per heavy atom. The molecule has 1 heterocycles. The summed E-state index contributed by atoms with van der Waals surface area (Å²) in [6.45, 7) is 4.43. The molecule has 112 valence electrons. The molecule has 0 unspecified atom stereocenters. The van der Waals surface area contributed by atoms with Crippen LogP contribution in [0.5, 0.6) is 0 Å². The van der Waals surface area contributed by atoms with Crippen LogP contribution in [0.25, 0.3) is 0 Å². The average Bonchev–Trinajstić information content (AvgIpc) is 2.95. The molecule has 0 fully saturated rings. The molecule has 0 saturated carbocycles. The van der Waals surface area contributed by atoms with Crippen molar-refractivity contribution in [1.29, 1.82) is 0 Å². The molecule has 0 radical (unpaired) electrons. The number of benzene rings is 2. The number of nitrogens with one attached hydrogen (secondary N) is 1. The molecule has 2 aliphatic rings. The fourth-order valence-corrected chi connectivity index (χ4v) is 4.71. The Balaban J connectivity index is 1.86. The van der Waals surface area contributed by atoms with Crippen molar-refractivity contribution in [3.8, 4) is 0 Å². The van der Waals surface area contributed by atoms with Gasteiger partial charge in [0.05, 0.1) is 6.04 Å². The van der Waals surface area contributed by atoms with Crippen molar-refractivity contribution >= 4 is 21.6 Å².